The van der Waals surface area contributed by atoms with Gasteiger partial charge >= 0.3 is 0 Å². The fourth-order valence-corrected chi connectivity index (χ4v) is 4.54. The van der Waals surface area contributed by atoms with Gasteiger partial charge in [-0.1, -0.05) is 0 Å². The minimum absolute atomic E-state index is 0.145. The smallest absolute Gasteiger partial charge is 0.290 e. The van der Waals surface area contributed by atoms with Crippen molar-refractivity contribution in [3.05, 3.63) is 43.7 Å². The maximum atomic E-state index is 13.3. The molecule has 4 rings (SSSR count). The van der Waals surface area contributed by atoms with Crippen molar-refractivity contribution in [3.63, 3.8) is 0 Å². The lowest BCUT2D eigenvalue weighted by molar-refractivity contribution is -0.487. The molecule has 1 aromatic heterocycles. The average Bonchev–Trinajstić information content (AvgIpc) is 3.25. The highest BCUT2D eigenvalue weighted by atomic mass is 16.6. The Labute approximate surface area is 177 Å². The minimum Gasteiger partial charge on any atom is -0.494 e. The Hall–Kier alpha value is -3.49. The Morgan fingerprint density at radius 2 is 2.03 bits per heavy atom. The van der Waals surface area contributed by atoms with Gasteiger partial charge in [0.25, 0.3) is 11.6 Å². The second-order valence-corrected chi connectivity index (χ2v) is 7.80. The number of carbonyl (C=O) groups excluding carboxylic acids is 1. The quantitative estimate of drug-likeness (QED) is 0.361. The third-order valence-electron chi connectivity index (χ3n) is 5.99. The molecule has 0 spiro atoms. The van der Waals surface area contributed by atoms with Gasteiger partial charge in [0, 0.05) is 46.6 Å². The first kappa shape index (κ1) is 20.8. The van der Waals surface area contributed by atoms with Crippen LogP contribution in [0, 0.1) is 15.5 Å². The van der Waals surface area contributed by atoms with Crippen molar-refractivity contribution in [2.24, 2.45) is 0 Å². The van der Waals surface area contributed by atoms with Gasteiger partial charge in [-0.15, -0.1) is 0 Å². The molecule has 1 fully saturated rings. The Bertz CT molecular complexity index is 1210. The molecule has 0 radical (unpaired) electrons. The average molecular weight is 425 g/mol. The summed E-state index contributed by atoms with van der Waals surface area (Å²) in [6.45, 7) is 4.98. The first-order valence-corrected chi connectivity index (χ1v) is 10.3. The van der Waals surface area contributed by atoms with E-state index < -0.39 is 22.2 Å². The van der Waals surface area contributed by atoms with E-state index in [9.17, 15) is 24.8 Å². The van der Waals surface area contributed by atoms with E-state index in [-0.39, 0.29) is 39.9 Å². The predicted molar refractivity (Wildman–Crippen MR) is 116 cm³/mol. The highest BCUT2D eigenvalue weighted by Gasteiger charge is 2.42. The number of pyridine rings is 1. The number of hydrogen-bond acceptors (Lipinski definition) is 8. The third kappa shape index (κ3) is 3.30. The molecule has 10 nitrogen and oxygen atoms in total. The number of anilines is 1. The van der Waals surface area contributed by atoms with Crippen LogP contribution in [0.25, 0.3) is 16.3 Å². The number of rotatable bonds is 6. The Kier molecular flexibility index (Phi) is 5.34. The van der Waals surface area contributed by atoms with Crippen molar-refractivity contribution in [3.8, 4) is 5.88 Å². The summed E-state index contributed by atoms with van der Waals surface area (Å²) in [7, 11) is 0. The van der Waals surface area contributed by atoms with Crippen molar-refractivity contribution in [2.45, 2.75) is 32.4 Å². The Morgan fingerprint density at radius 3 is 2.65 bits per heavy atom. The van der Waals surface area contributed by atoms with Crippen LogP contribution in [0.4, 0.5) is 5.69 Å². The van der Waals surface area contributed by atoms with Crippen LogP contribution in [0.15, 0.2) is 16.9 Å². The number of likely N-dealkylation sites (tertiary alicyclic amines) is 1. The summed E-state index contributed by atoms with van der Waals surface area (Å²) in [4.78, 5) is 38.1. The minimum atomic E-state index is -1.78. The molecule has 3 N–H and O–H groups in total. The summed E-state index contributed by atoms with van der Waals surface area (Å²) in [5, 5.41) is 34.7. The van der Waals surface area contributed by atoms with E-state index in [0.717, 1.165) is 25.9 Å². The third-order valence-corrected chi connectivity index (χ3v) is 5.99. The zero-order valence-corrected chi connectivity index (χ0v) is 17.1. The summed E-state index contributed by atoms with van der Waals surface area (Å²) >= 11 is 0. The summed E-state index contributed by atoms with van der Waals surface area (Å²) < 4.78 is 1.18. The van der Waals surface area contributed by atoms with Crippen molar-refractivity contribution >= 4 is 33.7 Å². The molecule has 0 saturated carbocycles. The summed E-state index contributed by atoms with van der Waals surface area (Å²) in [5.74, 6) is 1.33. The van der Waals surface area contributed by atoms with E-state index in [4.69, 9.17) is 5.41 Å². The fraction of sp³-hybridized carbons (Fsp3) is 0.429. The molecule has 0 amide bonds. The van der Waals surface area contributed by atoms with Gasteiger partial charge < -0.3 is 15.3 Å². The zero-order chi connectivity index (χ0) is 22.3. The number of nitrogens with zero attached hydrogens (tertiary/aromatic N) is 3. The predicted octanol–water partition coefficient (Wildman–Crippen LogP) is 1.48. The molecule has 1 unspecified atom stereocenters. The molecule has 1 aliphatic carbocycles. The lowest BCUT2D eigenvalue weighted by atomic mass is 9.81. The highest BCUT2D eigenvalue weighted by Crippen LogP contribution is 2.40. The first-order valence-electron chi connectivity index (χ1n) is 10.3. The summed E-state index contributed by atoms with van der Waals surface area (Å²) in [5.41, 5.74) is -0.997. The Balaban J connectivity index is 2.00. The molecule has 0 bridgehead atoms. The zero-order valence-electron chi connectivity index (χ0n) is 17.1. The van der Waals surface area contributed by atoms with Crippen LogP contribution >= 0.6 is 0 Å². The van der Waals surface area contributed by atoms with Crippen LogP contribution in [0.2, 0.25) is 0 Å². The monoisotopic (exact) mass is 425 g/mol. The van der Waals surface area contributed by atoms with Crippen LogP contribution in [0.1, 0.15) is 30.9 Å². The van der Waals surface area contributed by atoms with Crippen molar-refractivity contribution in [2.75, 3.05) is 31.5 Å². The molecule has 1 aromatic carbocycles. The largest absolute Gasteiger partial charge is 0.494 e. The second-order valence-electron chi connectivity index (χ2n) is 7.80. The van der Waals surface area contributed by atoms with Crippen molar-refractivity contribution < 1.29 is 14.8 Å². The highest BCUT2D eigenvalue weighted by molar-refractivity contribution is 6.25. The molecule has 2 aromatic rings. The maximum absolute atomic E-state index is 13.3. The molecule has 1 saturated heterocycles. The number of aromatic nitrogens is 1. The molecule has 1 atom stereocenters. The summed E-state index contributed by atoms with van der Waals surface area (Å²) in [6.07, 6.45) is 2.16. The SMILES string of the molecule is CCNc1cc2c3c(c(=O)n(CCN4CCCC4)c(O)c3c1)C(=N)C([N+](=O)[O-])C2=C=O. The van der Waals surface area contributed by atoms with Gasteiger partial charge in [0.2, 0.25) is 5.88 Å². The van der Waals surface area contributed by atoms with E-state index in [1.54, 1.807) is 12.0 Å². The van der Waals surface area contributed by atoms with Crippen LogP contribution in [-0.4, -0.2) is 63.4 Å². The van der Waals surface area contributed by atoms with E-state index in [0.29, 0.717) is 18.8 Å². The molecule has 2 heterocycles. The first-order chi connectivity index (χ1) is 14.9. The van der Waals surface area contributed by atoms with Crippen LogP contribution in [0.3, 0.4) is 0 Å². The molecular weight excluding hydrogens is 402 g/mol. The van der Waals surface area contributed by atoms with Crippen LogP contribution in [0.5, 0.6) is 5.88 Å². The molecule has 10 heteroatoms. The fourth-order valence-electron chi connectivity index (χ4n) is 4.54. The molecule has 162 valence electrons. The standard InChI is InChI=1S/C21H23N5O5/c1-2-23-12-9-13-15(11-27)19(26(30)31)18(22)17-16(13)14(10-12)20(28)25(21(17)29)8-7-24-5-3-4-6-24/h9-10,19,22-23,28H,2-8H2,1H3. The van der Waals surface area contributed by atoms with Crippen molar-refractivity contribution in [1.82, 2.24) is 9.47 Å². The van der Waals surface area contributed by atoms with E-state index in [1.165, 1.54) is 10.6 Å². The normalized spacial score (nSPS) is 18.4. The van der Waals surface area contributed by atoms with E-state index >= 15 is 0 Å². The van der Waals surface area contributed by atoms with Crippen molar-refractivity contribution in [1.29, 1.82) is 5.41 Å². The van der Waals surface area contributed by atoms with E-state index in [1.807, 2.05) is 6.92 Å². The van der Waals surface area contributed by atoms with Gasteiger partial charge in [-0.25, -0.2) is 4.79 Å². The van der Waals surface area contributed by atoms with Crippen LogP contribution in [-0.2, 0) is 11.3 Å². The molecule has 2 aliphatic rings. The van der Waals surface area contributed by atoms with Gasteiger partial charge in [-0.2, -0.15) is 0 Å². The molecule has 31 heavy (non-hydrogen) atoms. The maximum Gasteiger partial charge on any atom is 0.290 e. The van der Waals surface area contributed by atoms with Crippen LogP contribution < -0.4 is 10.9 Å². The second kappa shape index (κ2) is 7.98. The number of nitro groups is 1. The Morgan fingerprint density at radius 1 is 1.32 bits per heavy atom. The van der Waals surface area contributed by atoms with Gasteiger partial charge in [0.1, 0.15) is 17.2 Å². The van der Waals surface area contributed by atoms with Gasteiger partial charge in [-0.05, 0) is 45.0 Å². The lowest BCUT2D eigenvalue weighted by Gasteiger charge is -2.25. The topological polar surface area (TPSA) is 142 Å². The lowest BCUT2D eigenvalue weighted by Crippen LogP contribution is -2.40. The summed E-state index contributed by atoms with van der Waals surface area (Å²) in [6, 6.07) is 1.38. The number of aromatic hydroxyl groups is 1. The number of hydrogen-bond donors (Lipinski definition) is 3. The number of nitrogens with one attached hydrogen (secondary N) is 2. The molecule has 1 aliphatic heterocycles. The van der Waals surface area contributed by atoms with Gasteiger partial charge in [0.15, 0.2) is 0 Å². The number of benzene rings is 1. The van der Waals surface area contributed by atoms with Gasteiger partial charge in [0.05, 0.1) is 5.56 Å². The van der Waals surface area contributed by atoms with E-state index in [2.05, 4.69) is 10.2 Å². The molecular formula is C21H23N5O5. The van der Waals surface area contributed by atoms with Gasteiger partial charge in [-0.3, -0.25) is 24.9 Å².